The van der Waals surface area contributed by atoms with E-state index in [0.717, 1.165) is 19.3 Å². The number of ether oxygens (including phenoxy) is 2. The standard InChI is InChI=1S/C22H42O7/c1-2-3-4-5-6-7-8-9-10-11-12-13-14-15-18(23)28-16-17-19(24)20(25)21(26)22(27)29-17/h17,19-22,24-27H,2-16H2,1H3/t17-,19-,20+,21+,22+/m1/s1. The second kappa shape index (κ2) is 16.0. The Labute approximate surface area is 175 Å². The maximum Gasteiger partial charge on any atom is 0.305 e. The number of esters is 1. The van der Waals surface area contributed by atoms with E-state index >= 15 is 0 Å². The van der Waals surface area contributed by atoms with Gasteiger partial charge in [-0.05, 0) is 6.42 Å². The summed E-state index contributed by atoms with van der Waals surface area (Å²) in [5, 5.41) is 38.3. The van der Waals surface area contributed by atoms with Crippen LogP contribution in [0.3, 0.4) is 0 Å². The first kappa shape index (κ1) is 26.3. The predicted octanol–water partition coefficient (Wildman–Crippen LogP) is 2.81. The van der Waals surface area contributed by atoms with E-state index in [4.69, 9.17) is 9.47 Å². The van der Waals surface area contributed by atoms with E-state index in [9.17, 15) is 25.2 Å². The zero-order valence-electron chi connectivity index (χ0n) is 18.0. The van der Waals surface area contributed by atoms with Crippen LogP contribution in [0.5, 0.6) is 0 Å². The van der Waals surface area contributed by atoms with Crippen molar-refractivity contribution in [3.05, 3.63) is 0 Å². The largest absolute Gasteiger partial charge is 0.463 e. The van der Waals surface area contributed by atoms with E-state index in [1.807, 2.05) is 0 Å². The van der Waals surface area contributed by atoms with Gasteiger partial charge in [0.15, 0.2) is 6.29 Å². The van der Waals surface area contributed by atoms with Crippen molar-refractivity contribution in [2.75, 3.05) is 6.61 Å². The average molecular weight is 419 g/mol. The van der Waals surface area contributed by atoms with E-state index < -0.39 is 30.7 Å². The Balaban J connectivity index is 1.93. The molecular weight excluding hydrogens is 376 g/mol. The van der Waals surface area contributed by atoms with Crippen molar-refractivity contribution in [2.24, 2.45) is 0 Å². The Morgan fingerprint density at radius 3 is 1.72 bits per heavy atom. The average Bonchev–Trinajstić information content (AvgIpc) is 2.71. The van der Waals surface area contributed by atoms with Gasteiger partial charge in [0.2, 0.25) is 0 Å². The zero-order chi connectivity index (χ0) is 21.5. The minimum atomic E-state index is -1.61. The van der Waals surface area contributed by atoms with Gasteiger partial charge in [-0.25, -0.2) is 0 Å². The van der Waals surface area contributed by atoms with Crippen LogP contribution in [-0.2, 0) is 14.3 Å². The summed E-state index contributed by atoms with van der Waals surface area (Å²) in [6.07, 6.45) is 9.16. The van der Waals surface area contributed by atoms with Crippen molar-refractivity contribution >= 4 is 5.97 Å². The number of hydrogen-bond acceptors (Lipinski definition) is 7. The maximum absolute atomic E-state index is 11.8. The van der Waals surface area contributed by atoms with Crippen molar-refractivity contribution in [1.82, 2.24) is 0 Å². The molecule has 7 heteroatoms. The maximum atomic E-state index is 11.8. The fourth-order valence-electron chi connectivity index (χ4n) is 3.60. The Kier molecular flexibility index (Phi) is 14.5. The highest BCUT2D eigenvalue weighted by Gasteiger charge is 2.43. The molecule has 29 heavy (non-hydrogen) atoms. The molecule has 0 bridgehead atoms. The van der Waals surface area contributed by atoms with E-state index in [1.54, 1.807) is 0 Å². The third-order valence-corrected chi connectivity index (χ3v) is 5.58. The highest BCUT2D eigenvalue weighted by molar-refractivity contribution is 5.69. The summed E-state index contributed by atoms with van der Waals surface area (Å²) in [5.74, 6) is -0.390. The lowest BCUT2D eigenvalue weighted by atomic mass is 9.99. The summed E-state index contributed by atoms with van der Waals surface area (Å²) >= 11 is 0. The molecule has 5 atom stereocenters. The van der Waals surface area contributed by atoms with Gasteiger partial charge in [-0.1, -0.05) is 84.0 Å². The molecule has 0 aromatic carbocycles. The van der Waals surface area contributed by atoms with Crippen molar-refractivity contribution in [3.8, 4) is 0 Å². The quantitative estimate of drug-likeness (QED) is 0.225. The fourth-order valence-corrected chi connectivity index (χ4v) is 3.60. The second-order valence-corrected chi connectivity index (χ2v) is 8.21. The van der Waals surface area contributed by atoms with Crippen LogP contribution in [0.25, 0.3) is 0 Å². The van der Waals surface area contributed by atoms with Gasteiger partial charge in [-0.3, -0.25) is 4.79 Å². The van der Waals surface area contributed by atoms with Crippen LogP contribution in [0.1, 0.15) is 96.8 Å². The SMILES string of the molecule is CCCCCCCCCCCCCCCC(=O)OC[C@H]1O[C@H](O)[C@@H](O)[C@@H](O)[C@@H]1O. The molecule has 0 radical (unpaired) electrons. The van der Waals surface area contributed by atoms with Gasteiger partial charge in [-0.15, -0.1) is 0 Å². The molecule has 4 N–H and O–H groups in total. The molecule has 1 aliphatic heterocycles. The first-order chi connectivity index (χ1) is 14.0. The van der Waals surface area contributed by atoms with Gasteiger partial charge in [0.05, 0.1) is 0 Å². The third kappa shape index (κ3) is 11.3. The van der Waals surface area contributed by atoms with Crippen molar-refractivity contribution < 1.29 is 34.7 Å². The molecule has 0 amide bonds. The molecular formula is C22H42O7. The smallest absolute Gasteiger partial charge is 0.305 e. The van der Waals surface area contributed by atoms with Crippen LogP contribution >= 0.6 is 0 Å². The van der Waals surface area contributed by atoms with Crippen molar-refractivity contribution in [3.63, 3.8) is 0 Å². The van der Waals surface area contributed by atoms with E-state index in [0.29, 0.717) is 6.42 Å². The third-order valence-electron chi connectivity index (χ3n) is 5.58. The molecule has 0 saturated carbocycles. The number of rotatable bonds is 16. The van der Waals surface area contributed by atoms with Crippen LogP contribution in [0.4, 0.5) is 0 Å². The number of aliphatic hydroxyl groups is 4. The summed E-state index contributed by atoms with van der Waals surface area (Å²) in [4.78, 5) is 11.8. The molecule has 1 fully saturated rings. The summed E-state index contributed by atoms with van der Waals surface area (Å²) in [7, 11) is 0. The topological polar surface area (TPSA) is 116 Å². The first-order valence-electron chi connectivity index (χ1n) is 11.5. The number of aliphatic hydroxyl groups excluding tert-OH is 4. The first-order valence-corrected chi connectivity index (χ1v) is 11.5. The normalized spacial score (nSPS) is 27.1. The summed E-state index contributed by atoms with van der Waals surface area (Å²) in [5.41, 5.74) is 0. The molecule has 1 rings (SSSR count). The van der Waals surface area contributed by atoms with Gasteiger partial charge in [0.25, 0.3) is 0 Å². The van der Waals surface area contributed by atoms with Gasteiger partial charge in [0.1, 0.15) is 31.0 Å². The lowest BCUT2D eigenvalue weighted by Crippen LogP contribution is -2.58. The summed E-state index contributed by atoms with van der Waals surface area (Å²) < 4.78 is 10.0. The monoisotopic (exact) mass is 418 g/mol. The number of carbonyl (C=O) groups excluding carboxylic acids is 1. The number of hydrogen-bond donors (Lipinski definition) is 4. The highest BCUT2D eigenvalue weighted by Crippen LogP contribution is 2.20. The van der Waals surface area contributed by atoms with E-state index in [2.05, 4.69) is 6.92 Å². The summed E-state index contributed by atoms with van der Waals surface area (Å²) in [6.45, 7) is 1.98. The number of unbranched alkanes of at least 4 members (excludes halogenated alkanes) is 12. The minimum Gasteiger partial charge on any atom is -0.463 e. The fraction of sp³-hybridized carbons (Fsp3) is 0.955. The minimum absolute atomic E-state index is 0.265. The molecule has 0 aliphatic carbocycles. The molecule has 7 nitrogen and oxygen atoms in total. The molecule has 1 saturated heterocycles. The van der Waals surface area contributed by atoms with E-state index in [-0.39, 0.29) is 12.6 Å². The van der Waals surface area contributed by atoms with Gasteiger partial charge >= 0.3 is 5.97 Å². The van der Waals surface area contributed by atoms with Gasteiger partial charge in [-0.2, -0.15) is 0 Å². The lowest BCUT2D eigenvalue weighted by Gasteiger charge is -2.37. The number of carbonyl (C=O) groups is 1. The zero-order valence-corrected chi connectivity index (χ0v) is 18.0. The molecule has 0 aromatic rings. The molecule has 1 aliphatic rings. The second-order valence-electron chi connectivity index (χ2n) is 8.21. The molecule has 172 valence electrons. The van der Waals surface area contributed by atoms with Gasteiger partial charge < -0.3 is 29.9 Å². The van der Waals surface area contributed by atoms with Crippen LogP contribution < -0.4 is 0 Å². The molecule has 0 spiro atoms. The Morgan fingerprint density at radius 2 is 1.21 bits per heavy atom. The predicted molar refractivity (Wildman–Crippen MR) is 110 cm³/mol. The Hall–Kier alpha value is -0.730. The molecule has 0 aromatic heterocycles. The van der Waals surface area contributed by atoms with Crippen molar-refractivity contribution in [1.29, 1.82) is 0 Å². The molecule has 1 heterocycles. The van der Waals surface area contributed by atoms with Crippen LogP contribution in [0.15, 0.2) is 0 Å². The van der Waals surface area contributed by atoms with Crippen LogP contribution in [0.2, 0.25) is 0 Å². The van der Waals surface area contributed by atoms with Crippen LogP contribution in [0, 0.1) is 0 Å². The van der Waals surface area contributed by atoms with Crippen LogP contribution in [-0.4, -0.2) is 63.7 Å². The molecule has 0 unspecified atom stereocenters. The van der Waals surface area contributed by atoms with Crippen molar-refractivity contribution in [2.45, 2.75) is 128 Å². The van der Waals surface area contributed by atoms with Gasteiger partial charge in [0, 0.05) is 6.42 Å². The Morgan fingerprint density at radius 1 is 0.724 bits per heavy atom. The Bertz CT molecular complexity index is 418. The highest BCUT2D eigenvalue weighted by atomic mass is 16.6. The summed E-state index contributed by atoms with van der Waals surface area (Å²) in [6, 6.07) is 0. The van der Waals surface area contributed by atoms with E-state index in [1.165, 1.54) is 64.2 Å². The lowest BCUT2D eigenvalue weighted by molar-refractivity contribution is -0.287.